The number of hydrogen-bond donors (Lipinski definition) is 0. The molecule has 1 unspecified atom stereocenters. The number of benzene rings is 2. The molecule has 0 saturated heterocycles. The van der Waals surface area contributed by atoms with Gasteiger partial charge in [-0.1, -0.05) is 48.0 Å². The van der Waals surface area contributed by atoms with Gasteiger partial charge in [0.15, 0.2) is 11.0 Å². The van der Waals surface area contributed by atoms with E-state index in [9.17, 15) is 4.21 Å². The van der Waals surface area contributed by atoms with Crippen molar-refractivity contribution in [2.24, 2.45) is 4.40 Å². The van der Waals surface area contributed by atoms with Gasteiger partial charge in [-0.25, -0.2) is 4.21 Å². The Morgan fingerprint density at radius 1 is 1.00 bits per heavy atom. The highest BCUT2D eigenvalue weighted by molar-refractivity contribution is 7.83. The fourth-order valence-corrected chi connectivity index (χ4v) is 2.44. The van der Waals surface area contributed by atoms with Gasteiger partial charge in [0.2, 0.25) is 0 Å². The lowest BCUT2D eigenvalue weighted by molar-refractivity contribution is 0.684. The summed E-state index contributed by atoms with van der Waals surface area (Å²) in [5, 5.41) is 0. The molecule has 0 amide bonds. The van der Waals surface area contributed by atoms with Crippen LogP contribution in [0.2, 0.25) is 0 Å². The van der Waals surface area contributed by atoms with E-state index in [4.69, 9.17) is 0 Å². The van der Waals surface area contributed by atoms with Crippen LogP contribution in [0.5, 0.6) is 0 Å². The Labute approximate surface area is 110 Å². The van der Waals surface area contributed by atoms with Crippen LogP contribution in [0.25, 0.3) is 0 Å². The Morgan fingerprint density at radius 3 is 2.33 bits per heavy atom. The third kappa shape index (κ3) is 3.14. The first-order valence-electron chi connectivity index (χ1n) is 5.75. The second kappa shape index (κ2) is 5.74. The Bertz CT molecular complexity index is 588. The van der Waals surface area contributed by atoms with Gasteiger partial charge in [-0.05, 0) is 31.0 Å². The van der Waals surface area contributed by atoms with Crippen molar-refractivity contribution in [3.8, 4) is 0 Å². The van der Waals surface area contributed by atoms with Crippen molar-refractivity contribution in [2.45, 2.75) is 18.7 Å². The molecule has 2 aromatic carbocycles. The highest BCUT2D eigenvalue weighted by Crippen LogP contribution is 2.13. The Kier molecular flexibility index (Phi) is 4.05. The van der Waals surface area contributed by atoms with Crippen LogP contribution >= 0.6 is 0 Å². The van der Waals surface area contributed by atoms with Gasteiger partial charge in [0.05, 0.1) is 4.90 Å². The Hall–Kier alpha value is -1.74. The quantitative estimate of drug-likeness (QED) is 0.774. The molecule has 0 N–H and O–H groups in total. The maximum Gasteiger partial charge on any atom is 0.172 e. The molecule has 0 aliphatic rings. The molecule has 2 aromatic rings. The molecule has 0 heterocycles. The van der Waals surface area contributed by atoms with E-state index in [0.29, 0.717) is 0 Å². The summed E-state index contributed by atoms with van der Waals surface area (Å²) in [5.41, 5.74) is 3.16. The summed E-state index contributed by atoms with van der Waals surface area (Å²) in [6.45, 7) is 3.97. The molecule has 0 aliphatic carbocycles. The minimum Gasteiger partial charge on any atom is -0.229 e. The van der Waals surface area contributed by atoms with E-state index in [1.54, 1.807) is 6.21 Å². The zero-order valence-corrected chi connectivity index (χ0v) is 11.3. The van der Waals surface area contributed by atoms with Crippen molar-refractivity contribution in [2.75, 3.05) is 0 Å². The summed E-state index contributed by atoms with van der Waals surface area (Å²) in [4.78, 5) is 0.765. The first-order chi connectivity index (χ1) is 8.66. The van der Waals surface area contributed by atoms with Gasteiger partial charge in [-0.3, -0.25) is 0 Å². The standard InChI is InChI=1S/C15H15NOS/c1-12-7-9-14(10-8-12)11-16-18(17)15-6-4-3-5-13(15)2/h3-11H,1-2H3. The van der Waals surface area contributed by atoms with E-state index in [1.165, 1.54) is 5.56 Å². The second-order valence-corrected chi connectivity index (χ2v) is 5.31. The van der Waals surface area contributed by atoms with Crippen LogP contribution in [0.15, 0.2) is 57.8 Å². The monoisotopic (exact) mass is 257 g/mol. The molecule has 0 saturated carbocycles. The highest BCUT2D eigenvalue weighted by Gasteiger charge is 2.03. The molecule has 1 atom stereocenters. The molecule has 0 bridgehead atoms. The second-order valence-electron chi connectivity index (χ2n) is 4.16. The van der Waals surface area contributed by atoms with Crippen molar-refractivity contribution in [1.29, 1.82) is 0 Å². The summed E-state index contributed by atoms with van der Waals surface area (Å²) in [7, 11) is -1.33. The summed E-state index contributed by atoms with van der Waals surface area (Å²) >= 11 is 0. The minimum absolute atomic E-state index is 0.765. The molecule has 2 rings (SSSR count). The summed E-state index contributed by atoms with van der Waals surface area (Å²) in [5.74, 6) is 0. The van der Waals surface area contributed by atoms with Crippen molar-refractivity contribution in [3.05, 3.63) is 65.2 Å². The molecule has 0 fully saturated rings. The van der Waals surface area contributed by atoms with Crippen LogP contribution in [0.4, 0.5) is 0 Å². The molecule has 0 radical (unpaired) electrons. The lowest BCUT2D eigenvalue weighted by Crippen LogP contribution is -1.92. The molecule has 2 nitrogen and oxygen atoms in total. The third-order valence-corrected chi connectivity index (χ3v) is 3.79. The predicted octanol–water partition coefficient (Wildman–Crippen LogP) is 3.45. The van der Waals surface area contributed by atoms with Crippen LogP contribution in [-0.2, 0) is 11.0 Å². The number of hydrogen-bond acceptors (Lipinski definition) is 1. The maximum atomic E-state index is 12.0. The maximum absolute atomic E-state index is 12.0. The molecule has 0 spiro atoms. The van der Waals surface area contributed by atoms with Gasteiger partial charge in [0, 0.05) is 6.21 Å². The SMILES string of the molecule is Cc1ccc(C=NS(=O)c2ccccc2C)cc1. The average Bonchev–Trinajstić information content (AvgIpc) is 2.38. The van der Waals surface area contributed by atoms with Crippen molar-refractivity contribution in [3.63, 3.8) is 0 Å². The number of nitrogens with zero attached hydrogens (tertiary/aromatic N) is 1. The molecular weight excluding hydrogens is 242 g/mol. The number of rotatable bonds is 3. The van der Waals surface area contributed by atoms with Gasteiger partial charge >= 0.3 is 0 Å². The topological polar surface area (TPSA) is 29.4 Å². The molecule has 18 heavy (non-hydrogen) atoms. The summed E-state index contributed by atoms with van der Waals surface area (Å²) < 4.78 is 16.1. The van der Waals surface area contributed by atoms with E-state index in [-0.39, 0.29) is 0 Å². The Morgan fingerprint density at radius 2 is 1.67 bits per heavy atom. The Balaban J connectivity index is 2.17. The van der Waals surface area contributed by atoms with E-state index in [1.807, 2.05) is 62.4 Å². The molecule has 0 aromatic heterocycles. The third-order valence-electron chi connectivity index (χ3n) is 2.66. The van der Waals surface area contributed by atoms with Crippen LogP contribution in [0, 0.1) is 13.8 Å². The van der Waals surface area contributed by atoms with Crippen LogP contribution < -0.4 is 0 Å². The fourth-order valence-electron chi connectivity index (χ4n) is 1.57. The smallest absolute Gasteiger partial charge is 0.172 e. The summed E-state index contributed by atoms with van der Waals surface area (Å²) in [6.07, 6.45) is 1.65. The zero-order chi connectivity index (χ0) is 13.0. The lowest BCUT2D eigenvalue weighted by atomic mass is 10.2. The van der Waals surface area contributed by atoms with Crippen molar-refractivity contribution >= 4 is 17.2 Å². The van der Waals surface area contributed by atoms with E-state index >= 15 is 0 Å². The fraction of sp³-hybridized carbons (Fsp3) is 0.133. The molecular formula is C15H15NOS. The average molecular weight is 257 g/mol. The van der Waals surface area contributed by atoms with Crippen LogP contribution in [-0.4, -0.2) is 10.4 Å². The highest BCUT2D eigenvalue weighted by atomic mass is 32.2. The number of aryl methyl sites for hydroxylation is 2. The largest absolute Gasteiger partial charge is 0.229 e. The normalized spacial score (nSPS) is 12.8. The first kappa shape index (κ1) is 12.7. The van der Waals surface area contributed by atoms with Crippen molar-refractivity contribution < 1.29 is 4.21 Å². The van der Waals surface area contributed by atoms with E-state index in [0.717, 1.165) is 16.0 Å². The van der Waals surface area contributed by atoms with Crippen LogP contribution in [0.3, 0.4) is 0 Å². The first-order valence-corrected chi connectivity index (χ1v) is 6.86. The van der Waals surface area contributed by atoms with Gasteiger partial charge in [0.25, 0.3) is 0 Å². The molecule has 3 heteroatoms. The minimum atomic E-state index is -1.33. The van der Waals surface area contributed by atoms with Crippen molar-refractivity contribution in [1.82, 2.24) is 0 Å². The summed E-state index contributed by atoms with van der Waals surface area (Å²) in [6, 6.07) is 15.5. The predicted molar refractivity (Wildman–Crippen MR) is 76.4 cm³/mol. The molecule has 0 aliphatic heterocycles. The molecule has 92 valence electrons. The van der Waals surface area contributed by atoms with Gasteiger partial charge < -0.3 is 0 Å². The lowest BCUT2D eigenvalue weighted by Gasteiger charge is -2.00. The van der Waals surface area contributed by atoms with Gasteiger partial charge in [-0.2, -0.15) is 4.40 Å². The zero-order valence-electron chi connectivity index (χ0n) is 10.5. The van der Waals surface area contributed by atoms with Gasteiger partial charge in [0.1, 0.15) is 0 Å². The van der Waals surface area contributed by atoms with Crippen LogP contribution in [0.1, 0.15) is 16.7 Å². The van der Waals surface area contributed by atoms with E-state index < -0.39 is 11.0 Å². The van der Waals surface area contributed by atoms with Gasteiger partial charge in [-0.15, -0.1) is 0 Å². The van der Waals surface area contributed by atoms with E-state index in [2.05, 4.69) is 4.40 Å².